The molecule has 34 heavy (non-hydrogen) atoms. The normalized spacial score (nSPS) is 26.1. The van der Waals surface area contributed by atoms with Gasteiger partial charge < -0.3 is 20.3 Å². The summed E-state index contributed by atoms with van der Waals surface area (Å²) in [5.41, 5.74) is 2.44. The van der Waals surface area contributed by atoms with Crippen molar-refractivity contribution in [2.45, 2.75) is 68.0 Å². The van der Waals surface area contributed by atoms with E-state index < -0.39 is 18.1 Å². The van der Waals surface area contributed by atoms with E-state index in [1.54, 1.807) is 16.4 Å². The zero-order valence-corrected chi connectivity index (χ0v) is 19.7. The number of carboxylic acid groups (broad SMARTS) is 1. The minimum Gasteiger partial charge on any atom is -0.480 e. The van der Waals surface area contributed by atoms with Crippen LogP contribution in [-0.2, 0) is 9.53 Å². The molecule has 0 aliphatic heterocycles. The van der Waals surface area contributed by atoms with E-state index in [-0.39, 0.29) is 18.8 Å². The standard InChI is InChI=1S/C23H28N6O4S/c1-2-8-34-23-25-21(24-16-11-15(16)13-6-4-3-5-7-13)20-22(26-23)29(28-27-20)17-9-14(10-18(17)30)33-12-19(31)32/h3-7,14-18,30H,2,8-12H2,1H3,(H,31,32)(H,24,25,26)/t14-,15+,16?,17+,18+/m1/s1. The van der Waals surface area contributed by atoms with E-state index in [0.29, 0.717) is 40.9 Å². The number of thioether (sulfide) groups is 1. The molecule has 10 nitrogen and oxygen atoms in total. The largest absolute Gasteiger partial charge is 0.480 e. The van der Waals surface area contributed by atoms with Gasteiger partial charge in [0, 0.05) is 24.1 Å². The molecule has 0 amide bonds. The van der Waals surface area contributed by atoms with E-state index in [4.69, 9.17) is 19.8 Å². The number of aromatic nitrogens is 5. The molecule has 2 saturated carbocycles. The van der Waals surface area contributed by atoms with Gasteiger partial charge in [0.05, 0.1) is 18.2 Å². The van der Waals surface area contributed by atoms with Crippen LogP contribution in [-0.4, -0.2) is 71.8 Å². The first kappa shape index (κ1) is 23.0. The second kappa shape index (κ2) is 9.85. The van der Waals surface area contributed by atoms with E-state index in [9.17, 15) is 9.90 Å². The number of aliphatic hydroxyl groups is 1. The number of aliphatic hydroxyl groups excluding tert-OH is 1. The number of carboxylic acids is 1. The van der Waals surface area contributed by atoms with Crippen LogP contribution in [0.15, 0.2) is 35.5 Å². The Kier molecular flexibility index (Phi) is 6.66. The van der Waals surface area contributed by atoms with Crippen molar-refractivity contribution < 1.29 is 19.7 Å². The molecule has 2 fully saturated rings. The maximum absolute atomic E-state index is 10.8. The van der Waals surface area contributed by atoms with Crippen molar-refractivity contribution in [1.82, 2.24) is 25.0 Å². The Labute approximate surface area is 201 Å². The molecule has 5 rings (SSSR count). The summed E-state index contributed by atoms with van der Waals surface area (Å²) < 4.78 is 7.07. The van der Waals surface area contributed by atoms with Crippen LogP contribution in [0.4, 0.5) is 5.82 Å². The molecule has 0 spiro atoms. The number of carbonyl (C=O) groups is 1. The number of ether oxygens (including phenoxy) is 1. The Morgan fingerprint density at radius 3 is 2.82 bits per heavy atom. The van der Waals surface area contributed by atoms with E-state index >= 15 is 0 Å². The third-order valence-electron chi connectivity index (χ3n) is 6.29. The summed E-state index contributed by atoms with van der Waals surface area (Å²) in [7, 11) is 0. The maximum Gasteiger partial charge on any atom is 0.329 e. The van der Waals surface area contributed by atoms with E-state index in [2.05, 4.69) is 46.8 Å². The van der Waals surface area contributed by atoms with Gasteiger partial charge in [-0.1, -0.05) is 54.2 Å². The third-order valence-corrected chi connectivity index (χ3v) is 7.34. The number of fused-ring (bicyclic) bond motifs is 1. The van der Waals surface area contributed by atoms with Crippen molar-refractivity contribution in [3.05, 3.63) is 35.9 Å². The molecule has 3 aromatic rings. The smallest absolute Gasteiger partial charge is 0.329 e. The topological polar surface area (TPSA) is 135 Å². The molecular formula is C23H28N6O4S. The minimum absolute atomic E-state index is 0.264. The van der Waals surface area contributed by atoms with Crippen molar-refractivity contribution >= 4 is 34.7 Å². The van der Waals surface area contributed by atoms with Crippen LogP contribution in [0, 0.1) is 0 Å². The fourth-order valence-corrected chi connectivity index (χ4v) is 5.22. The maximum atomic E-state index is 10.8. The van der Waals surface area contributed by atoms with Crippen LogP contribution in [0.25, 0.3) is 11.2 Å². The summed E-state index contributed by atoms with van der Waals surface area (Å²) in [6.07, 6.45) is 1.71. The molecule has 0 saturated heterocycles. The number of rotatable bonds is 10. The molecule has 2 aliphatic rings. The fraction of sp³-hybridized carbons (Fsp3) is 0.522. The summed E-state index contributed by atoms with van der Waals surface area (Å²) in [6.45, 7) is 1.72. The van der Waals surface area contributed by atoms with E-state index in [1.807, 2.05) is 6.07 Å². The molecule has 1 aromatic carbocycles. The Morgan fingerprint density at radius 1 is 1.24 bits per heavy atom. The highest BCUT2D eigenvalue weighted by atomic mass is 32.2. The molecule has 180 valence electrons. The average Bonchev–Trinajstić information content (AvgIpc) is 3.31. The van der Waals surface area contributed by atoms with Gasteiger partial charge in [0.15, 0.2) is 22.1 Å². The second-order valence-corrected chi connectivity index (χ2v) is 9.91. The molecule has 0 radical (unpaired) electrons. The van der Waals surface area contributed by atoms with E-state index in [1.165, 1.54) is 5.56 Å². The summed E-state index contributed by atoms with van der Waals surface area (Å²) in [4.78, 5) is 20.3. The summed E-state index contributed by atoms with van der Waals surface area (Å²) in [6, 6.07) is 10.3. The summed E-state index contributed by atoms with van der Waals surface area (Å²) >= 11 is 1.58. The van der Waals surface area contributed by atoms with Gasteiger partial charge in [0.25, 0.3) is 0 Å². The zero-order chi connectivity index (χ0) is 23.7. The molecule has 1 unspecified atom stereocenters. The number of nitrogens with one attached hydrogen (secondary N) is 1. The molecular weight excluding hydrogens is 456 g/mol. The first-order chi connectivity index (χ1) is 16.5. The Morgan fingerprint density at radius 2 is 2.06 bits per heavy atom. The van der Waals surface area contributed by atoms with Crippen molar-refractivity contribution in [3.63, 3.8) is 0 Å². The highest BCUT2D eigenvalue weighted by molar-refractivity contribution is 7.99. The molecule has 2 aromatic heterocycles. The van der Waals surface area contributed by atoms with Crippen molar-refractivity contribution in [1.29, 1.82) is 0 Å². The van der Waals surface area contributed by atoms with Gasteiger partial charge in [-0.25, -0.2) is 19.4 Å². The Hall–Kier alpha value is -2.76. The summed E-state index contributed by atoms with van der Waals surface area (Å²) in [5.74, 6) is 0.944. The molecule has 3 N–H and O–H groups in total. The predicted molar refractivity (Wildman–Crippen MR) is 127 cm³/mol. The number of nitrogens with zero attached hydrogens (tertiary/aromatic N) is 5. The first-order valence-electron chi connectivity index (χ1n) is 11.6. The minimum atomic E-state index is -1.03. The SMILES string of the molecule is CCCSc1nc(NC2C[C@H]2c2ccccc2)c2nnn([C@H]3C[C@@H](OCC(=O)O)C[C@@H]3O)c2n1. The lowest BCUT2D eigenvalue weighted by Crippen LogP contribution is -2.20. The Balaban J connectivity index is 1.40. The van der Waals surface area contributed by atoms with Gasteiger partial charge in [-0.2, -0.15) is 0 Å². The molecule has 2 heterocycles. The van der Waals surface area contributed by atoms with Crippen molar-refractivity contribution in [2.24, 2.45) is 0 Å². The van der Waals surface area contributed by atoms with Crippen LogP contribution in [0.1, 0.15) is 50.1 Å². The molecule has 11 heteroatoms. The summed E-state index contributed by atoms with van der Waals surface area (Å²) in [5, 5.41) is 32.4. The monoisotopic (exact) mass is 484 g/mol. The lowest BCUT2D eigenvalue weighted by Gasteiger charge is -2.15. The highest BCUT2D eigenvalue weighted by Crippen LogP contribution is 2.43. The lowest BCUT2D eigenvalue weighted by atomic mass is 10.1. The van der Waals surface area contributed by atoms with Gasteiger partial charge in [0.1, 0.15) is 6.61 Å². The highest BCUT2D eigenvalue weighted by Gasteiger charge is 2.40. The van der Waals surface area contributed by atoms with Crippen LogP contribution >= 0.6 is 11.8 Å². The molecule has 0 bridgehead atoms. The van der Waals surface area contributed by atoms with Gasteiger partial charge in [-0.05, 0) is 24.8 Å². The number of aliphatic carboxylic acids is 1. The lowest BCUT2D eigenvalue weighted by molar-refractivity contribution is -0.144. The number of benzene rings is 1. The van der Waals surface area contributed by atoms with E-state index in [0.717, 1.165) is 18.6 Å². The fourth-order valence-electron chi connectivity index (χ4n) is 4.53. The van der Waals surface area contributed by atoms with Crippen LogP contribution in [0.2, 0.25) is 0 Å². The second-order valence-electron chi connectivity index (χ2n) is 8.85. The van der Waals surface area contributed by atoms with Crippen LogP contribution < -0.4 is 5.32 Å². The number of hydrogen-bond acceptors (Lipinski definition) is 9. The number of anilines is 1. The zero-order valence-electron chi connectivity index (χ0n) is 18.9. The quantitative estimate of drug-likeness (QED) is 0.291. The molecule has 2 aliphatic carbocycles. The van der Waals surface area contributed by atoms with Gasteiger partial charge in [-0.15, -0.1) is 5.10 Å². The van der Waals surface area contributed by atoms with Crippen molar-refractivity contribution in [3.8, 4) is 0 Å². The van der Waals surface area contributed by atoms with Gasteiger partial charge in [0.2, 0.25) is 0 Å². The first-order valence-corrected chi connectivity index (χ1v) is 12.6. The average molecular weight is 485 g/mol. The predicted octanol–water partition coefficient (Wildman–Crippen LogP) is 2.86. The Bertz CT molecular complexity index is 1160. The van der Waals surface area contributed by atoms with Crippen LogP contribution in [0.3, 0.4) is 0 Å². The van der Waals surface area contributed by atoms with Crippen molar-refractivity contribution in [2.75, 3.05) is 17.7 Å². The molecule has 5 atom stereocenters. The van der Waals surface area contributed by atoms with Crippen LogP contribution in [0.5, 0.6) is 0 Å². The number of hydrogen-bond donors (Lipinski definition) is 3. The third kappa shape index (κ3) is 4.86. The van der Waals surface area contributed by atoms with Gasteiger partial charge >= 0.3 is 5.97 Å². The van der Waals surface area contributed by atoms with Gasteiger partial charge in [-0.3, -0.25) is 0 Å².